The van der Waals surface area contributed by atoms with E-state index in [9.17, 15) is 4.79 Å². The Hall–Kier alpha value is -4.00. The number of imidazole rings is 2. The second kappa shape index (κ2) is 32.3. The number of nitrogens with one attached hydrogen (secondary N) is 4. The van der Waals surface area contributed by atoms with Crippen molar-refractivity contribution in [1.82, 2.24) is 40.4 Å². The predicted octanol–water partition coefficient (Wildman–Crippen LogP) is 7.38. The number of carbonyl (C=O) groups is 1. The van der Waals surface area contributed by atoms with Crippen LogP contribution >= 0.6 is 0 Å². The molecule has 0 aliphatic carbocycles. The number of H-pyrrole nitrogens is 2. The van der Waals surface area contributed by atoms with Crippen LogP contribution in [-0.4, -0.2) is 94.6 Å². The highest BCUT2D eigenvalue weighted by molar-refractivity contribution is 5.74. The highest BCUT2D eigenvalue weighted by Crippen LogP contribution is 2.07. The summed E-state index contributed by atoms with van der Waals surface area (Å²) in [5.74, 6) is 1.17. The fourth-order valence-corrected chi connectivity index (χ4v) is 6.06. The SMILES string of the molecule is CCCN(CCC)CCCCNCc1ccc(CN)cc1.CCCN(CCC)CCCCNCc1ccc(CN=Cc2ncc[nH]2)cc1.O=Cc1ncc[nH]1. The lowest BCUT2D eigenvalue weighted by Gasteiger charge is -2.20. The smallest absolute Gasteiger partial charge is 0.185 e. The third-order valence-electron chi connectivity index (χ3n) is 8.89. The number of nitrogens with zero attached hydrogens (tertiary/aromatic N) is 5. The van der Waals surface area contributed by atoms with Gasteiger partial charge in [-0.2, -0.15) is 0 Å². The van der Waals surface area contributed by atoms with Crippen molar-refractivity contribution in [3.63, 3.8) is 0 Å². The average molecular weight is 757 g/mol. The number of hydrogen-bond donors (Lipinski definition) is 5. The fraction of sp³-hybridized carbons (Fsp3) is 0.545. The largest absolute Gasteiger partial charge is 0.344 e. The van der Waals surface area contributed by atoms with Crippen LogP contribution in [0.1, 0.15) is 118 Å². The molecule has 11 nitrogen and oxygen atoms in total. The van der Waals surface area contributed by atoms with Gasteiger partial charge in [-0.25, -0.2) is 9.97 Å². The molecule has 4 rings (SSSR count). The molecule has 11 heteroatoms. The molecule has 0 fully saturated rings. The van der Waals surface area contributed by atoms with Crippen molar-refractivity contribution in [1.29, 1.82) is 0 Å². The number of hydrogen-bond acceptors (Lipinski definition) is 9. The van der Waals surface area contributed by atoms with Gasteiger partial charge in [0.15, 0.2) is 12.1 Å². The van der Waals surface area contributed by atoms with Crippen molar-refractivity contribution < 1.29 is 4.79 Å². The zero-order valence-corrected chi connectivity index (χ0v) is 34.4. The molecule has 0 aliphatic rings. The van der Waals surface area contributed by atoms with Crippen LogP contribution in [0, 0.1) is 0 Å². The van der Waals surface area contributed by atoms with E-state index >= 15 is 0 Å². The maximum absolute atomic E-state index is 9.77. The summed E-state index contributed by atoms with van der Waals surface area (Å²) < 4.78 is 0. The van der Waals surface area contributed by atoms with Crippen molar-refractivity contribution in [2.24, 2.45) is 10.7 Å². The van der Waals surface area contributed by atoms with Crippen molar-refractivity contribution in [2.45, 2.75) is 105 Å². The predicted molar refractivity (Wildman–Crippen MR) is 231 cm³/mol. The summed E-state index contributed by atoms with van der Waals surface area (Å²) in [7, 11) is 0. The van der Waals surface area contributed by atoms with E-state index in [1.54, 1.807) is 24.8 Å². The first kappa shape index (κ1) is 47.2. The monoisotopic (exact) mass is 757 g/mol. The number of nitrogens with two attached hydrogens (primary N) is 1. The number of unbranched alkanes of at least 4 members (excludes halogenated alkanes) is 2. The van der Waals surface area contributed by atoms with E-state index in [0.29, 0.717) is 25.2 Å². The lowest BCUT2D eigenvalue weighted by molar-refractivity contribution is 0.111. The van der Waals surface area contributed by atoms with Gasteiger partial charge in [-0.05, 0) is 126 Å². The van der Waals surface area contributed by atoms with Gasteiger partial charge in [0.2, 0.25) is 0 Å². The molecule has 2 heterocycles. The number of aldehydes is 1. The lowest BCUT2D eigenvalue weighted by atomic mass is 10.1. The van der Waals surface area contributed by atoms with E-state index < -0.39 is 0 Å². The summed E-state index contributed by atoms with van der Waals surface area (Å²) in [5.41, 5.74) is 10.7. The quantitative estimate of drug-likeness (QED) is 0.0241. The Labute approximate surface area is 332 Å². The molecule has 2 aromatic carbocycles. The molecule has 0 saturated carbocycles. The topological polar surface area (TPSA) is 143 Å². The molecule has 6 N–H and O–H groups in total. The van der Waals surface area contributed by atoms with Gasteiger partial charge in [-0.3, -0.25) is 9.79 Å². The molecule has 0 saturated heterocycles. The van der Waals surface area contributed by atoms with Crippen LogP contribution in [0.2, 0.25) is 0 Å². The highest BCUT2D eigenvalue weighted by atomic mass is 16.1. The molecular formula is C44H72N10O. The van der Waals surface area contributed by atoms with Crippen molar-refractivity contribution in [3.05, 3.63) is 107 Å². The molecule has 0 aliphatic heterocycles. The van der Waals surface area contributed by atoms with E-state index in [1.165, 1.54) is 119 Å². The maximum atomic E-state index is 9.77. The van der Waals surface area contributed by atoms with Crippen molar-refractivity contribution in [3.8, 4) is 0 Å². The molecule has 0 spiro atoms. The summed E-state index contributed by atoms with van der Waals surface area (Å²) in [6.07, 6.45) is 19.2. The molecule has 4 aromatic rings. The summed E-state index contributed by atoms with van der Waals surface area (Å²) >= 11 is 0. The van der Waals surface area contributed by atoms with Gasteiger partial charge in [0.1, 0.15) is 5.82 Å². The average Bonchev–Trinajstić information content (AvgIpc) is 3.95. The number of carbonyl (C=O) groups excluding carboxylic acids is 1. The highest BCUT2D eigenvalue weighted by Gasteiger charge is 2.03. The van der Waals surface area contributed by atoms with Gasteiger partial charge in [0, 0.05) is 44.4 Å². The van der Waals surface area contributed by atoms with Gasteiger partial charge < -0.3 is 36.1 Å². The van der Waals surface area contributed by atoms with Crippen molar-refractivity contribution >= 4 is 12.5 Å². The number of aromatic nitrogens is 4. The van der Waals surface area contributed by atoms with Crippen LogP contribution in [0.3, 0.4) is 0 Å². The van der Waals surface area contributed by atoms with Gasteiger partial charge in [0.25, 0.3) is 0 Å². The van der Waals surface area contributed by atoms with Gasteiger partial charge >= 0.3 is 0 Å². The summed E-state index contributed by atoms with van der Waals surface area (Å²) in [6.45, 7) is 21.9. The lowest BCUT2D eigenvalue weighted by Crippen LogP contribution is -2.27. The van der Waals surface area contributed by atoms with E-state index in [2.05, 4.69) is 122 Å². The third-order valence-corrected chi connectivity index (χ3v) is 8.89. The molecule has 0 atom stereocenters. The van der Waals surface area contributed by atoms with Crippen LogP contribution in [0.25, 0.3) is 0 Å². The van der Waals surface area contributed by atoms with E-state index in [1.807, 2.05) is 0 Å². The van der Waals surface area contributed by atoms with Gasteiger partial charge in [-0.15, -0.1) is 0 Å². The Morgan fingerprint density at radius 1 is 0.618 bits per heavy atom. The fourth-order valence-electron chi connectivity index (χ4n) is 6.06. The first-order valence-corrected chi connectivity index (χ1v) is 20.7. The van der Waals surface area contributed by atoms with Crippen LogP contribution in [0.5, 0.6) is 0 Å². The minimum Gasteiger partial charge on any atom is -0.344 e. The van der Waals surface area contributed by atoms with Crippen molar-refractivity contribution in [2.75, 3.05) is 52.4 Å². The normalized spacial score (nSPS) is 11.1. The van der Waals surface area contributed by atoms with Gasteiger partial charge in [0.05, 0.1) is 12.8 Å². The Morgan fingerprint density at radius 3 is 1.44 bits per heavy atom. The minimum absolute atomic E-state index is 0.375. The summed E-state index contributed by atoms with van der Waals surface area (Å²) in [6, 6.07) is 17.3. The third kappa shape index (κ3) is 23.5. The molecule has 55 heavy (non-hydrogen) atoms. The Kier molecular flexibility index (Phi) is 27.7. The van der Waals surface area contributed by atoms with Crippen LogP contribution in [0.4, 0.5) is 0 Å². The second-order valence-electron chi connectivity index (χ2n) is 13.8. The molecule has 0 bridgehead atoms. The maximum Gasteiger partial charge on any atom is 0.185 e. The molecule has 2 aromatic heterocycles. The summed E-state index contributed by atoms with van der Waals surface area (Å²) in [5, 5.41) is 7.09. The van der Waals surface area contributed by atoms with Crippen LogP contribution in [-0.2, 0) is 26.2 Å². The first-order valence-electron chi connectivity index (χ1n) is 20.7. The number of benzene rings is 2. The Bertz CT molecular complexity index is 1430. The van der Waals surface area contributed by atoms with E-state index in [4.69, 9.17) is 5.73 Å². The molecule has 0 amide bonds. The minimum atomic E-state index is 0.375. The Balaban J connectivity index is 0.000000329. The zero-order chi connectivity index (χ0) is 39.6. The molecular weight excluding hydrogens is 685 g/mol. The summed E-state index contributed by atoms with van der Waals surface area (Å²) in [4.78, 5) is 32.7. The van der Waals surface area contributed by atoms with Crippen LogP contribution < -0.4 is 16.4 Å². The molecule has 0 unspecified atom stereocenters. The molecule has 304 valence electrons. The zero-order valence-electron chi connectivity index (χ0n) is 34.4. The number of aliphatic imine (C=N–C) groups is 1. The van der Waals surface area contributed by atoms with Gasteiger partial charge in [-0.1, -0.05) is 76.2 Å². The first-order chi connectivity index (χ1) is 27.0. The number of rotatable bonds is 27. The van der Waals surface area contributed by atoms with Crippen LogP contribution in [0.15, 0.2) is 78.3 Å². The number of aromatic amines is 2. The van der Waals surface area contributed by atoms with E-state index in [0.717, 1.165) is 32.0 Å². The van der Waals surface area contributed by atoms with E-state index in [-0.39, 0.29) is 0 Å². The molecule has 0 radical (unpaired) electrons. The standard InChI is InChI=1S/C22H35N5.C18H33N3.C4H4N2O/c1-3-14-27(15-4-2)16-6-5-11-23-17-20-7-9-21(10-8-20)18-24-19-22-25-12-13-26-22;1-3-12-21(13-4-2)14-6-5-11-20-16-18-9-7-17(15-19)8-10-18;7-3-4-5-1-2-6-4/h7-10,12-13,19,23H,3-6,11,14-18H2,1-2H3,(H,25,26);7-10,20H,3-6,11-16,19H2,1-2H3;1-3H,(H,5,6). The second-order valence-corrected chi connectivity index (χ2v) is 13.8. The Morgan fingerprint density at radius 2 is 1.05 bits per heavy atom.